The number of nitrogens with zero attached hydrogens (tertiary/aromatic N) is 5. The van der Waals surface area contributed by atoms with Gasteiger partial charge in [0.1, 0.15) is 11.6 Å². The molecule has 260 valence electrons. The lowest BCUT2D eigenvalue weighted by Gasteiger charge is -2.39. The summed E-state index contributed by atoms with van der Waals surface area (Å²) in [6.07, 6.45) is 7.64. The minimum atomic E-state index is -0.358. The highest BCUT2D eigenvalue weighted by molar-refractivity contribution is 6.09. The van der Waals surface area contributed by atoms with Gasteiger partial charge >= 0.3 is 0 Å². The maximum absolute atomic E-state index is 17.6. The third-order valence-electron chi connectivity index (χ3n) is 12.9. The Morgan fingerprint density at radius 1 is 1.14 bits per heavy atom. The van der Waals surface area contributed by atoms with Crippen LogP contribution >= 0.6 is 0 Å². The van der Waals surface area contributed by atoms with Gasteiger partial charge in [-0.05, 0) is 119 Å². The molecule has 2 aromatic carbocycles. The summed E-state index contributed by atoms with van der Waals surface area (Å²) < 4.78 is 27.0. The van der Waals surface area contributed by atoms with E-state index in [4.69, 9.17) is 9.72 Å². The first kappa shape index (κ1) is 31.9. The van der Waals surface area contributed by atoms with E-state index in [1.807, 2.05) is 24.0 Å². The number of likely N-dealkylation sites (N-methyl/N-ethyl adjacent to an activating group) is 1. The van der Waals surface area contributed by atoms with Crippen molar-refractivity contribution in [3.05, 3.63) is 58.5 Å². The number of likely N-dealkylation sites (tertiary alicyclic amines) is 2. The van der Waals surface area contributed by atoms with Crippen molar-refractivity contribution < 1.29 is 13.9 Å². The van der Waals surface area contributed by atoms with Crippen LogP contribution in [0.1, 0.15) is 99.2 Å². The van der Waals surface area contributed by atoms with Gasteiger partial charge in [0, 0.05) is 48.7 Å². The summed E-state index contributed by atoms with van der Waals surface area (Å²) in [6.45, 7) is 8.51. The summed E-state index contributed by atoms with van der Waals surface area (Å²) in [5.74, 6) is 0.406. The van der Waals surface area contributed by atoms with Crippen LogP contribution in [-0.2, 0) is 11.2 Å². The third-order valence-corrected chi connectivity index (χ3v) is 12.9. The van der Waals surface area contributed by atoms with Gasteiger partial charge in [-0.1, -0.05) is 18.2 Å². The summed E-state index contributed by atoms with van der Waals surface area (Å²) in [5, 5.41) is 15.6. The zero-order valence-corrected chi connectivity index (χ0v) is 29.6. The van der Waals surface area contributed by atoms with E-state index in [9.17, 15) is 10.1 Å². The molecule has 4 aliphatic heterocycles. The molecule has 50 heavy (non-hydrogen) atoms. The zero-order valence-electron chi connectivity index (χ0n) is 29.6. The molecule has 4 saturated heterocycles. The predicted molar refractivity (Wildman–Crippen MR) is 193 cm³/mol. The lowest BCUT2D eigenvalue weighted by atomic mass is 9.78. The molecule has 2 aliphatic carbocycles. The summed E-state index contributed by atoms with van der Waals surface area (Å²) in [4.78, 5) is 22.4. The molecule has 10 rings (SSSR count). The molecular weight excluding hydrogens is 627 g/mol. The largest absolute Gasteiger partial charge is 0.472 e. The van der Waals surface area contributed by atoms with Crippen molar-refractivity contribution in [1.82, 2.24) is 24.7 Å². The van der Waals surface area contributed by atoms with E-state index in [2.05, 4.69) is 53.0 Å². The van der Waals surface area contributed by atoms with E-state index in [-0.39, 0.29) is 41.9 Å². The van der Waals surface area contributed by atoms with Crippen molar-refractivity contribution in [3.63, 3.8) is 0 Å². The topological polar surface area (TPSA) is 86.4 Å². The summed E-state index contributed by atoms with van der Waals surface area (Å²) in [5.41, 5.74) is 6.64. The molecular formula is C41H47FN6O2. The van der Waals surface area contributed by atoms with Crippen LogP contribution in [0.15, 0.2) is 30.3 Å². The van der Waals surface area contributed by atoms with Crippen LogP contribution in [0.4, 0.5) is 4.39 Å². The van der Waals surface area contributed by atoms with Crippen LogP contribution in [0.25, 0.3) is 32.9 Å². The number of fused-ring (bicyclic) bond motifs is 5. The lowest BCUT2D eigenvalue weighted by molar-refractivity contribution is -0.129. The van der Waals surface area contributed by atoms with Gasteiger partial charge in [-0.15, -0.1) is 0 Å². The van der Waals surface area contributed by atoms with E-state index in [0.29, 0.717) is 28.9 Å². The van der Waals surface area contributed by atoms with Gasteiger partial charge in [-0.3, -0.25) is 9.69 Å². The predicted octanol–water partition coefficient (Wildman–Crippen LogP) is 7.33. The van der Waals surface area contributed by atoms with Crippen molar-refractivity contribution >= 4 is 27.7 Å². The number of benzene rings is 2. The minimum Gasteiger partial charge on any atom is -0.472 e. The fraction of sp³-hybridized carbons (Fsp3) is 0.537. The van der Waals surface area contributed by atoms with E-state index in [1.165, 1.54) is 0 Å². The van der Waals surface area contributed by atoms with E-state index < -0.39 is 0 Å². The monoisotopic (exact) mass is 674 g/mol. The Bertz CT molecular complexity index is 2070. The van der Waals surface area contributed by atoms with Crippen molar-refractivity contribution in [1.29, 1.82) is 5.26 Å². The van der Waals surface area contributed by atoms with Gasteiger partial charge in [0.25, 0.3) is 0 Å². The van der Waals surface area contributed by atoms with Gasteiger partial charge in [0.15, 0.2) is 5.82 Å². The minimum absolute atomic E-state index is 0.0508. The molecule has 4 unspecified atom stereocenters. The number of pyridine rings is 1. The molecule has 0 spiro atoms. The van der Waals surface area contributed by atoms with Crippen molar-refractivity contribution in [2.24, 2.45) is 5.92 Å². The van der Waals surface area contributed by atoms with Crippen molar-refractivity contribution in [2.75, 3.05) is 26.7 Å². The Kier molecular flexibility index (Phi) is 7.70. The molecule has 2 aromatic heterocycles. The Balaban J connectivity index is 1.32. The highest BCUT2D eigenvalue weighted by atomic mass is 19.1. The smallest absolute Gasteiger partial charge is 0.223 e. The Morgan fingerprint density at radius 2 is 1.98 bits per heavy atom. The second-order valence-corrected chi connectivity index (χ2v) is 15.7. The Labute approximate surface area is 293 Å². The number of rotatable bonds is 6. The van der Waals surface area contributed by atoms with Gasteiger partial charge in [0.2, 0.25) is 11.8 Å². The Hall–Kier alpha value is -4.00. The number of hydrogen-bond acceptors (Lipinski definition) is 6. The van der Waals surface area contributed by atoms with Crippen molar-refractivity contribution in [3.8, 4) is 23.1 Å². The highest BCUT2D eigenvalue weighted by Gasteiger charge is 2.50. The van der Waals surface area contributed by atoms with Crippen LogP contribution in [-0.4, -0.2) is 70.1 Å². The number of halogens is 1. The van der Waals surface area contributed by atoms with Crippen LogP contribution in [0.3, 0.4) is 0 Å². The molecule has 4 aromatic rings. The maximum Gasteiger partial charge on any atom is 0.223 e. The number of carbonyl (C=O) groups is 1. The zero-order chi connectivity index (χ0) is 34.4. The molecule has 9 heteroatoms. The van der Waals surface area contributed by atoms with Crippen LogP contribution in [0.5, 0.6) is 5.88 Å². The SMILES string of the molecule is CC(=O)N1CCCC1c1cc2c(OC(C)C3CCCN3C)nc3c(F)c(-c4cccc5c4C(C#N)CCC5)c(C)cc3c2n1[C@H]1[C@H]2CN[C@@H]1C2. The lowest BCUT2D eigenvalue weighted by Crippen LogP contribution is -2.40. The number of hydrogen-bond donors (Lipinski definition) is 1. The van der Waals surface area contributed by atoms with Crippen LogP contribution in [0, 0.1) is 30.0 Å². The standard InChI is InChI=1S/C41H47FN6O2/c1-22-17-29-38(37(42)35(22)28-12-6-10-25-9-5-11-26(20-43)36(25)28)45-41(50-23(2)32-13-7-15-46(32)4)30-19-34(33-14-8-16-47(33)24(3)49)48(40(29)30)39-27-18-31(39)44-21-27/h6,10,12,17,19,23,26-27,31-33,39,44H,5,7-9,11,13-16,18,21H2,1-4H3/t23?,26?,27-,31-,32?,33?,39+/m1/s1. The molecule has 0 radical (unpaired) electrons. The number of nitriles is 1. The second-order valence-electron chi connectivity index (χ2n) is 15.7. The van der Waals surface area contributed by atoms with E-state index in [1.54, 1.807) is 6.92 Å². The molecule has 6 aliphatic rings. The first-order chi connectivity index (χ1) is 24.2. The molecule has 2 bridgehead atoms. The normalized spacial score (nSPS) is 28.2. The highest BCUT2D eigenvalue weighted by Crippen LogP contribution is 2.51. The molecule has 8 nitrogen and oxygen atoms in total. The van der Waals surface area contributed by atoms with Gasteiger partial charge in [0.05, 0.1) is 35.0 Å². The molecule has 7 atom stereocenters. The number of nitrogens with one attached hydrogen (secondary N) is 1. The fourth-order valence-corrected chi connectivity index (χ4v) is 10.5. The molecule has 1 saturated carbocycles. The molecule has 1 N–H and O–H groups in total. The first-order valence-corrected chi connectivity index (χ1v) is 18.8. The number of ether oxygens (including phenoxy) is 1. The van der Waals surface area contributed by atoms with Crippen LogP contribution in [0.2, 0.25) is 0 Å². The van der Waals surface area contributed by atoms with E-state index >= 15 is 4.39 Å². The van der Waals surface area contributed by atoms with E-state index in [0.717, 1.165) is 115 Å². The summed E-state index contributed by atoms with van der Waals surface area (Å²) in [6, 6.07) is 13.7. The third kappa shape index (κ3) is 4.74. The quantitative estimate of drug-likeness (QED) is 0.231. The van der Waals surface area contributed by atoms with Crippen molar-refractivity contribution in [2.45, 2.75) is 108 Å². The van der Waals surface area contributed by atoms with Gasteiger partial charge in [-0.25, -0.2) is 9.37 Å². The summed E-state index contributed by atoms with van der Waals surface area (Å²) >= 11 is 0. The Morgan fingerprint density at radius 3 is 2.70 bits per heavy atom. The van der Waals surface area contributed by atoms with Gasteiger partial charge < -0.3 is 19.5 Å². The van der Waals surface area contributed by atoms with Gasteiger partial charge in [-0.2, -0.15) is 5.26 Å². The second kappa shape index (κ2) is 12.1. The number of aromatic nitrogens is 2. The fourth-order valence-electron chi connectivity index (χ4n) is 10.5. The molecule has 1 amide bonds. The average molecular weight is 675 g/mol. The number of carbonyl (C=O) groups excluding carboxylic acids is 1. The first-order valence-electron chi connectivity index (χ1n) is 18.8. The molecule has 6 heterocycles. The number of amides is 1. The number of aryl methyl sites for hydroxylation is 2. The van der Waals surface area contributed by atoms with Crippen LogP contribution < -0.4 is 10.1 Å². The molecule has 5 fully saturated rings. The average Bonchev–Trinajstić information content (AvgIpc) is 3.94. The maximum atomic E-state index is 17.6. The summed E-state index contributed by atoms with van der Waals surface area (Å²) in [7, 11) is 2.15.